The molecule has 5 nitrogen and oxygen atoms in total. The molecule has 0 aromatic heterocycles. The minimum atomic E-state index is -0.944. The zero-order chi connectivity index (χ0) is 11.5. The molecule has 0 heterocycles. The van der Waals surface area contributed by atoms with E-state index >= 15 is 0 Å². The summed E-state index contributed by atoms with van der Waals surface area (Å²) in [5.41, 5.74) is 6.18. The lowest BCUT2D eigenvalue weighted by molar-refractivity contribution is -0.132. The summed E-state index contributed by atoms with van der Waals surface area (Å²) < 4.78 is 4.10. The van der Waals surface area contributed by atoms with E-state index in [1.54, 1.807) is 0 Å². The fourth-order valence-corrected chi connectivity index (χ4v) is 0.656. The number of hydrogen-bond donors (Lipinski definition) is 3. The minimum Gasteiger partial charge on any atom is -0.465 e. The van der Waals surface area contributed by atoms with Gasteiger partial charge in [-0.05, 0) is 12.1 Å². The normalized spacial score (nSPS) is 10.8. The number of aliphatic hydroxyl groups excluding tert-OH is 2. The molecule has 1 atom stereocenters. The average Bonchev–Trinajstić information content (AvgIpc) is 2.28. The van der Waals surface area contributed by atoms with Crippen LogP contribution in [0.15, 0.2) is 30.3 Å². The summed E-state index contributed by atoms with van der Waals surface area (Å²) in [6.45, 7) is -0.299. The third-order valence-corrected chi connectivity index (χ3v) is 1.37. The number of ether oxygens (including phenoxy) is 1. The number of para-hydroxylation sites is 1. The minimum absolute atomic E-state index is 0.139. The molecule has 0 aliphatic heterocycles. The Morgan fingerprint density at radius 1 is 1.40 bits per heavy atom. The van der Waals surface area contributed by atoms with Gasteiger partial charge < -0.3 is 20.7 Å². The van der Waals surface area contributed by atoms with Crippen LogP contribution in [0.1, 0.15) is 0 Å². The van der Waals surface area contributed by atoms with Crippen molar-refractivity contribution in [2.24, 2.45) is 0 Å². The second kappa shape index (κ2) is 8.98. The first-order chi connectivity index (χ1) is 7.20. The van der Waals surface area contributed by atoms with Crippen LogP contribution in [0.2, 0.25) is 0 Å². The first-order valence-corrected chi connectivity index (χ1v) is 4.35. The Morgan fingerprint density at radius 2 is 2.00 bits per heavy atom. The van der Waals surface area contributed by atoms with Crippen LogP contribution in [0.4, 0.5) is 5.69 Å². The highest BCUT2D eigenvalue weighted by Gasteiger charge is 1.98. The molecule has 4 N–H and O–H groups in total. The van der Waals surface area contributed by atoms with E-state index in [0.717, 1.165) is 5.69 Å². The maximum Gasteiger partial charge on any atom is 0.293 e. The SMILES string of the molecule is Nc1ccccc1.O=COCC(O)CO. The van der Waals surface area contributed by atoms with Gasteiger partial charge in [-0.1, -0.05) is 18.2 Å². The standard InChI is InChI=1S/C6H7N.C4H8O4/c7-6-4-2-1-3-5-6;5-1-4(7)2-8-3-6/h1-5H,7H2;3-5,7H,1-2H2. The van der Waals surface area contributed by atoms with Gasteiger partial charge in [0.05, 0.1) is 6.61 Å². The van der Waals surface area contributed by atoms with Crippen molar-refractivity contribution in [3.05, 3.63) is 30.3 Å². The molecule has 1 aromatic rings. The summed E-state index contributed by atoms with van der Waals surface area (Å²) in [4.78, 5) is 9.41. The summed E-state index contributed by atoms with van der Waals surface area (Å²) in [7, 11) is 0. The molecule has 0 saturated carbocycles. The Bertz CT molecular complexity index is 253. The number of aliphatic hydroxyl groups is 2. The topological polar surface area (TPSA) is 92.8 Å². The van der Waals surface area contributed by atoms with Gasteiger partial charge in [-0.15, -0.1) is 0 Å². The van der Waals surface area contributed by atoms with Gasteiger partial charge in [0.25, 0.3) is 6.47 Å². The third kappa shape index (κ3) is 8.73. The fourth-order valence-electron chi connectivity index (χ4n) is 0.656. The number of anilines is 1. The van der Waals surface area contributed by atoms with Crippen LogP contribution in [0.5, 0.6) is 0 Å². The molecule has 1 aromatic carbocycles. The van der Waals surface area contributed by atoms with Gasteiger partial charge in [-0.25, -0.2) is 0 Å². The van der Waals surface area contributed by atoms with Gasteiger partial charge in [0.2, 0.25) is 0 Å². The van der Waals surface area contributed by atoms with Crippen LogP contribution in [0, 0.1) is 0 Å². The molecule has 1 rings (SSSR count). The van der Waals surface area contributed by atoms with Gasteiger partial charge in [0.1, 0.15) is 12.7 Å². The quantitative estimate of drug-likeness (QED) is 0.475. The van der Waals surface area contributed by atoms with E-state index in [1.807, 2.05) is 30.3 Å². The van der Waals surface area contributed by atoms with E-state index in [0.29, 0.717) is 0 Å². The lowest BCUT2D eigenvalue weighted by atomic mass is 10.3. The second-order valence-electron chi connectivity index (χ2n) is 2.68. The van der Waals surface area contributed by atoms with E-state index < -0.39 is 6.10 Å². The molecule has 0 spiro atoms. The highest BCUT2D eigenvalue weighted by Crippen LogP contribution is 1.95. The summed E-state index contributed by atoms with van der Waals surface area (Å²) in [5, 5.41) is 16.6. The fraction of sp³-hybridized carbons (Fsp3) is 0.300. The Hall–Kier alpha value is -1.59. The predicted octanol–water partition coefficient (Wildman–Crippen LogP) is -0.219. The molecule has 0 aliphatic carbocycles. The number of rotatable bonds is 4. The summed E-state index contributed by atoms with van der Waals surface area (Å²) >= 11 is 0. The zero-order valence-corrected chi connectivity index (χ0v) is 8.24. The molecule has 0 radical (unpaired) electrons. The van der Waals surface area contributed by atoms with Crippen LogP contribution in [-0.4, -0.2) is 36.0 Å². The first kappa shape index (κ1) is 13.4. The van der Waals surface area contributed by atoms with Gasteiger partial charge in [-0.3, -0.25) is 4.79 Å². The van der Waals surface area contributed by atoms with Gasteiger partial charge >= 0.3 is 0 Å². The zero-order valence-electron chi connectivity index (χ0n) is 8.24. The van der Waals surface area contributed by atoms with Crippen molar-refractivity contribution < 1.29 is 19.7 Å². The van der Waals surface area contributed by atoms with Crippen molar-refractivity contribution in [1.29, 1.82) is 0 Å². The molecular weight excluding hydrogens is 198 g/mol. The Kier molecular flexibility index (Phi) is 8.03. The van der Waals surface area contributed by atoms with Gasteiger partial charge in [0, 0.05) is 5.69 Å². The predicted molar refractivity (Wildman–Crippen MR) is 56.0 cm³/mol. The maximum absolute atomic E-state index is 9.41. The van der Waals surface area contributed by atoms with E-state index in [1.165, 1.54) is 0 Å². The largest absolute Gasteiger partial charge is 0.465 e. The van der Waals surface area contributed by atoms with Crippen molar-refractivity contribution in [2.75, 3.05) is 18.9 Å². The van der Waals surface area contributed by atoms with E-state index in [9.17, 15) is 4.79 Å². The molecule has 1 unspecified atom stereocenters. The average molecular weight is 213 g/mol. The number of nitrogen functional groups attached to an aromatic ring is 1. The van der Waals surface area contributed by atoms with Crippen molar-refractivity contribution in [2.45, 2.75) is 6.10 Å². The van der Waals surface area contributed by atoms with Crippen molar-refractivity contribution >= 4 is 12.2 Å². The Labute approximate surface area is 88.1 Å². The van der Waals surface area contributed by atoms with E-state index in [-0.39, 0.29) is 19.7 Å². The van der Waals surface area contributed by atoms with Crippen LogP contribution < -0.4 is 5.73 Å². The summed E-state index contributed by atoms with van der Waals surface area (Å²) in [5.74, 6) is 0. The molecule has 0 bridgehead atoms. The lowest BCUT2D eigenvalue weighted by Gasteiger charge is -2.02. The molecule has 15 heavy (non-hydrogen) atoms. The van der Waals surface area contributed by atoms with Crippen molar-refractivity contribution in [3.8, 4) is 0 Å². The highest BCUT2D eigenvalue weighted by molar-refractivity contribution is 5.36. The summed E-state index contributed by atoms with van der Waals surface area (Å²) in [6, 6.07) is 9.49. The monoisotopic (exact) mass is 213 g/mol. The number of nitrogens with two attached hydrogens (primary N) is 1. The Balaban J connectivity index is 0.000000262. The van der Waals surface area contributed by atoms with Crippen molar-refractivity contribution in [3.63, 3.8) is 0 Å². The lowest BCUT2D eigenvalue weighted by Crippen LogP contribution is -2.18. The maximum atomic E-state index is 9.41. The first-order valence-electron chi connectivity index (χ1n) is 4.35. The van der Waals surface area contributed by atoms with Gasteiger partial charge in [-0.2, -0.15) is 0 Å². The molecule has 0 fully saturated rings. The highest BCUT2D eigenvalue weighted by atomic mass is 16.5. The molecular formula is C10H15NO4. The van der Waals surface area contributed by atoms with Gasteiger partial charge in [0.15, 0.2) is 0 Å². The van der Waals surface area contributed by atoms with Crippen LogP contribution in [-0.2, 0) is 9.53 Å². The molecule has 5 heteroatoms. The number of benzene rings is 1. The molecule has 0 aliphatic rings. The molecule has 84 valence electrons. The van der Waals surface area contributed by atoms with Crippen LogP contribution >= 0.6 is 0 Å². The van der Waals surface area contributed by atoms with E-state index in [2.05, 4.69) is 4.74 Å². The third-order valence-electron chi connectivity index (χ3n) is 1.37. The number of hydrogen-bond acceptors (Lipinski definition) is 5. The molecule has 0 saturated heterocycles. The van der Waals surface area contributed by atoms with Crippen molar-refractivity contribution in [1.82, 2.24) is 0 Å². The van der Waals surface area contributed by atoms with Crippen LogP contribution in [0.3, 0.4) is 0 Å². The number of carbonyl (C=O) groups is 1. The Morgan fingerprint density at radius 3 is 2.33 bits per heavy atom. The number of carbonyl (C=O) groups excluding carboxylic acids is 1. The molecule has 0 amide bonds. The van der Waals surface area contributed by atoms with E-state index in [4.69, 9.17) is 15.9 Å². The van der Waals surface area contributed by atoms with Crippen LogP contribution in [0.25, 0.3) is 0 Å². The smallest absolute Gasteiger partial charge is 0.293 e. The second-order valence-corrected chi connectivity index (χ2v) is 2.68. The summed E-state index contributed by atoms with van der Waals surface area (Å²) in [6.07, 6.45) is -0.944.